The summed E-state index contributed by atoms with van der Waals surface area (Å²) < 4.78 is 0. The molecule has 27 heavy (non-hydrogen) atoms. The average molecular weight is 376 g/mol. The lowest BCUT2D eigenvalue weighted by Gasteiger charge is -2.17. The van der Waals surface area contributed by atoms with E-state index in [0.717, 1.165) is 57.5 Å². The molecular weight excluding hydrogens is 356 g/mol. The first-order valence-corrected chi connectivity index (χ1v) is 9.76. The summed E-state index contributed by atoms with van der Waals surface area (Å²) in [6, 6.07) is 8.19. The van der Waals surface area contributed by atoms with Crippen LogP contribution in [0, 0.1) is 6.92 Å². The Labute approximate surface area is 162 Å². The Hall–Kier alpha value is -2.86. The highest BCUT2D eigenvalue weighted by Crippen LogP contribution is 2.35. The molecule has 136 valence electrons. The Morgan fingerprint density at radius 1 is 1.26 bits per heavy atom. The van der Waals surface area contributed by atoms with Crippen molar-refractivity contribution in [1.82, 2.24) is 15.0 Å². The topological polar surface area (TPSA) is 60.3 Å². The Balaban J connectivity index is 1.72. The summed E-state index contributed by atoms with van der Waals surface area (Å²) in [5, 5.41) is 5.24. The Morgan fingerprint density at radius 3 is 3.00 bits per heavy atom. The zero-order chi connectivity index (χ0) is 18.6. The van der Waals surface area contributed by atoms with E-state index in [9.17, 15) is 0 Å². The smallest absolute Gasteiger partial charge is 0.135 e. The van der Waals surface area contributed by atoms with Gasteiger partial charge in [0.1, 0.15) is 17.3 Å². The van der Waals surface area contributed by atoms with E-state index in [0.29, 0.717) is 6.61 Å². The van der Waals surface area contributed by atoms with Crippen molar-refractivity contribution in [2.24, 2.45) is 5.16 Å². The number of nitrogens with zero attached hydrogens (tertiary/aromatic N) is 4. The van der Waals surface area contributed by atoms with Crippen LogP contribution in [0.5, 0.6) is 0 Å². The van der Waals surface area contributed by atoms with Crippen molar-refractivity contribution in [3.63, 3.8) is 0 Å². The molecule has 0 aliphatic heterocycles. The highest BCUT2D eigenvalue weighted by atomic mass is 32.1. The number of aryl methyl sites for hydroxylation is 2. The van der Waals surface area contributed by atoms with Gasteiger partial charge >= 0.3 is 0 Å². The summed E-state index contributed by atoms with van der Waals surface area (Å²) in [6.45, 7) is 6.09. The number of thiazole rings is 1. The molecule has 4 rings (SSSR count). The maximum Gasteiger partial charge on any atom is 0.135 e. The molecule has 3 aromatic heterocycles. The predicted molar refractivity (Wildman–Crippen MR) is 109 cm³/mol. The number of pyridine rings is 2. The van der Waals surface area contributed by atoms with Gasteiger partial charge in [-0.25, -0.2) is 9.97 Å². The molecule has 1 aliphatic rings. The van der Waals surface area contributed by atoms with Gasteiger partial charge in [0, 0.05) is 18.0 Å². The van der Waals surface area contributed by atoms with E-state index in [1.807, 2.05) is 25.3 Å². The van der Waals surface area contributed by atoms with Crippen LogP contribution in [0.1, 0.15) is 29.8 Å². The van der Waals surface area contributed by atoms with E-state index in [4.69, 9.17) is 14.8 Å². The SMILES string of the molecule is C=CCON=C1CCCc2ccc(-c3sc(-c4cccnc4)nc3C)nc21. The van der Waals surface area contributed by atoms with Gasteiger partial charge in [-0.15, -0.1) is 11.3 Å². The van der Waals surface area contributed by atoms with Crippen LogP contribution in [0.2, 0.25) is 0 Å². The number of aromatic nitrogens is 3. The van der Waals surface area contributed by atoms with Crippen molar-refractivity contribution in [1.29, 1.82) is 0 Å². The van der Waals surface area contributed by atoms with E-state index in [-0.39, 0.29) is 0 Å². The molecule has 0 bridgehead atoms. The van der Waals surface area contributed by atoms with Crippen molar-refractivity contribution in [2.45, 2.75) is 26.2 Å². The molecule has 0 unspecified atom stereocenters. The Bertz CT molecular complexity index is 995. The van der Waals surface area contributed by atoms with Gasteiger partial charge in [0.2, 0.25) is 0 Å². The molecule has 0 saturated heterocycles. The number of rotatable bonds is 5. The van der Waals surface area contributed by atoms with Crippen LogP contribution in [0.4, 0.5) is 0 Å². The van der Waals surface area contributed by atoms with Gasteiger partial charge in [0.05, 0.1) is 22.0 Å². The quantitative estimate of drug-likeness (QED) is 0.364. The number of hydrogen-bond donors (Lipinski definition) is 0. The van der Waals surface area contributed by atoms with Gasteiger partial charge in [-0.05, 0) is 49.9 Å². The van der Waals surface area contributed by atoms with Crippen molar-refractivity contribution in [3.05, 3.63) is 66.3 Å². The van der Waals surface area contributed by atoms with E-state index < -0.39 is 0 Å². The minimum atomic E-state index is 0.404. The zero-order valence-corrected chi connectivity index (χ0v) is 16.0. The predicted octanol–water partition coefficient (Wildman–Crippen LogP) is 4.82. The van der Waals surface area contributed by atoms with Gasteiger partial charge in [0.15, 0.2) is 0 Å². The molecule has 0 N–H and O–H groups in total. The lowest BCUT2D eigenvalue weighted by atomic mass is 9.94. The molecule has 5 nitrogen and oxygen atoms in total. The largest absolute Gasteiger partial charge is 0.391 e. The van der Waals surface area contributed by atoms with Crippen LogP contribution in [0.3, 0.4) is 0 Å². The van der Waals surface area contributed by atoms with Crippen LogP contribution >= 0.6 is 11.3 Å². The molecule has 3 heterocycles. The summed E-state index contributed by atoms with van der Waals surface area (Å²) >= 11 is 1.64. The van der Waals surface area contributed by atoms with Crippen molar-refractivity contribution >= 4 is 17.0 Å². The zero-order valence-electron chi connectivity index (χ0n) is 15.2. The average Bonchev–Trinajstić information content (AvgIpc) is 3.10. The second-order valence-corrected chi connectivity index (χ2v) is 7.35. The van der Waals surface area contributed by atoms with E-state index >= 15 is 0 Å². The van der Waals surface area contributed by atoms with E-state index in [1.54, 1.807) is 23.6 Å². The molecule has 0 spiro atoms. The maximum absolute atomic E-state index is 5.32. The fourth-order valence-corrected chi connectivity index (χ4v) is 4.16. The van der Waals surface area contributed by atoms with Gasteiger partial charge in [0.25, 0.3) is 0 Å². The molecule has 0 fully saturated rings. The van der Waals surface area contributed by atoms with Gasteiger partial charge < -0.3 is 4.84 Å². The fraction of sp³-hybridized carbons (Fsp3) is 0.238. The minimum Gasteiger partial charge on any atom is -0.391 e. The van der Waals surface area contributed by atoms with Crippen molar-refractivity contribution < 1.29 is 4.84 Å². The summed E-state index contributed by atoms with van der Waals surface area (Å²) in [7, 11) is 0. The van der Waals surface area contributed by atoms with Gasteiger partial charge in [-0.1, -0.05) is 23.9 Å². The Morgan fingerprint density at radius 2 is 2.19 bits per heavy atom. The third-order valence-electron chi connectivity index (χ3n) is 4.42. The van der Waals surface area contributed by atoms with Gasteiger partial charge in [-0.2, -0.15) is 0 Å². The Kier molecular flexibility index (Phi) is 5.07. The van der Waals surface area contributed by atoms with Crippen molar-refractivity contribution in [2.75, 3.05) is 6.61 Å². The van der Waals surface area contributed by atoms with E-state index in [2.05, 4.69) is 28.9 Å². The van der Waals surface area contributed by atoms with Crippen LogP contribution in [0.25, 0.3) is 21.1 Å². The standard InChI is InChI=1S/C21H20N4OS/c1-3-12-26-25-17-8-4-6-15-9-10-18(24-19(15)17)20-14(2)23-21(27-20)16-7-5-11-22-13-16/h3,5,7,9-11,13H,1,4,6,8,12H2,2H3. The lowest BCUT2D eigenvalue weighted by Crippen LogP contribution is -2.15. The highest BCUT2D eigenvalue weighted by Gasteiger charge is 2.20. The lowest BCUT2D eigenvalue weighted by molar-refractivity contribution is 0.174. The molecule has 3 aromatic rings. The molecule has 0 radical (unpaired) electrons. The normalized spacial score (nSPS) is 14.8. The summed E-state index contributed by atoms with van der Waals surface area (Å²) in [5.74, 6) is 0. The summed E-state index contributed by atoms with van der Waals surface area (Å²) in [4.78, 5) is 20.2. The molecule has 0 aromatic carbocycles. The van der Waals surface area contributed by atoms with Crippen LogP contribution in [-0.4, -0.2) is 27.3 Å². The number of fused-ring (bicyclic) bond motifs is 1. The van der Waals surface area contributed by atoms with Crippen LogP contribution in [0.15, 0.2) is 54.5 Å². The number of oxime groups is 1. The molecule has 6 heteroatoms. The minimum absolute atomic E-state index is 0.404. The van der Waals surface area contributed by atoms with E-state index in [1.165, 1.54) is 5.56 Å². The highest BCUT2D eigenvalue weighted by molar-refractivity contribution is 7.18. The monoisotopic (exact) mass is 376 g/mol. The molecule has 0 atom stereocenters. The third-order valence-corrected chi connectivity index (χ3v) is 5.65. The summed E-state index contributed by atoms with van der Waals surface area (Å²) in [6.07, 6.45) is 8.26. The molecule has 0 saturated carbocycles. The molecule has 1 aliphatic carbocycles. The summed E-state index contributed by atoms with van der Waals surface area (Å²) in [5.41, 5.74) is 6.00. The number of hydrogen-bond acceptors (Lipinski definition) is 6. The molecular formula is C21H20N4OS. The third kappa shape index (κ3) is 3.66. The first-order chi connectivity index (χ1) is 13.3. The first kappa shape index (κ1) is 17.5. The van der Waals surface area contributed by atoms with Crippen LogP contribution < -0.4 is 0 Å². The van der Waals surface area contributed by atoms with Crippen molar-refractivity contribution in [3.8, 4) is 21.1 Å². The molecule has 0 amide bonds. The maximum atomic E-state index is 5.32. The first-order valence-electron chi connectivity index (χ1n) is 8.94. The second kappa shape index (κ2) is 7.80. The van der Waals surface area contributed by atoms with Gasteiger partial charge in [-0.3, -0.25) is 4.98 Å². The second-order valence-electron chi connectivity index (χ2n) is 6.36. The van der Waals surface area contributed by atoms with Crippen LogP contribution in [-0.2, 0) is 11.3 Å². The fourth-order valence-electron chi connectivity index (χ4n) is 3.13.